The van der Waals surface area contributed by atoms with Crippen LogP contribution in [0.1, 0.15) is 24.5 Å². The number of sulfonamides is 1. The smallest absolute Gasteiger partial charge is 0.240 e. The molecule has 2 amide bonds. The Hall–Kier alpha value is -2.59. The number of rotatable bonds is 6. The fourth-order valence-corrected chi connectivity index (χ4v) is 5.32. The lowest BCUT2D eigenvalue weighted by atomic mass is 10.1. The van der Waals surface area contributed by atoms with Crippen LogP contribution in [0.15, 0.2) is 58.8 Å². The highest BCUT2D eigenvalue weighted by atomic mass is 32.2. The molecule has 1 aromatic heterocycles. The van der Waals surface area contributed by atoms with Crippen molar-refractivity contribution in [3.63, 3.8) is 0 Å². The zero-order valence-corrected chi connectivity index (χ0v) is 16.9. The highest BCUT2D eigenvalue weighted by molar-refractivity contribution is 7.89. The molecule has 0 saturated carbocycles. The Bertz CT molecular complexity index is 1170. The van der Waals surface area contributed by atoms with Crippen molar-refractivity contribution < 1.29 is 23.1 Å². The van der Waals surface area contributed by atoms with Crippen LogP contribution in [-0.2, 0) is 19.6 Å². The van der Waals surface area contributed by atoms with Gasteiger partial charge in [0.2, 0.25) is 21.8 Å². The van der Waals surface area contributed by atoms with E-state index in [4.69, 9.17) is 0 Å². The van der Waals surface area contributed by atoms with Crippen LogP contribution in [0.3, 0.4) is 0 Å². The van der Waals surface area contributed by atoms with E-state index in [0.29, 0.717) is 11.3 Å². The molecule has 7 nitrogen and oxygen atoms in total. The van der Waals surface area contributed by atoms with E-state index in [-0.39, 0.29) is 36.1 Å². The Morgan fingerprint density at radius 3 is 2.38 bits per heavy atom. The molecule has 1 aliphatic rings. The average molecular weight is 431 g/mol. The number of hydrogen-bond acceptors (Lipinski definition) is 6. The summed E-state index contributed by atoms with van der Waals surface area (Å²) < 4.78 is 28.6. The normalized spacial score (nSPS) is 16.0. The van der Waals surface area contributed by atoms with Gasteiger partial charge in [-0.25, -0.2) is 13.1 Å². The van der Waals surface area contributed by atoms with Crippen molar-refractivity contribution in [2.24, 2.45) is 0 Å². The molecule has 1 saturated heterocycles. The summed E-state index contributed by atoms with van der Waals surface area (Å²) in [5.74, 6) is -0.593. The first-order valence-electron chi connectivity index (χ1n) is 8.96. The van der Waals surface area contributed by atoms with Gasteiger partial charge in [0.25, 0.3) is 0 Å². The number of fused-ring (bicyclic) bond motifs is 1. The highest BCUT2D eigenvalue weighted by Crippen LogP contribution is 2.30. The Kier molecular flexibility index (Phi) is 5.22. The number of nitrogens with zero attached hydrogens (tertiary/aromatic N) is 1. The summed E-state index contributed by atoms with van der Waals surface area (Å²) >= 11 is 1.49. The number of aliphatic hydroxyl groups excluding tert-OH is 1. The molecule has 1 aliphatic heterocycles. The number of imide groups is 1. The molecule has 0 unspecified atom stereocenters. The number of nitrogens with one attached hydrogen (secondary N) is 1. The lowest BCUT2D eigenvalue weighted by molar-refractivity contribution is -0.121. The molecule has 4 rings (SSSR count). The fraction of sp³-hybridized carbons (Fsp3) is 0.200. The fourth-order valence-electron chi connectivity index (χ4n) is 3.28. The topological polar surface area (TPSA) is 104 Å². The largest absolute Gasteiger partial charge is 0.387 e. The molecular formula is C20H18N2O5S2. The first kappa shape index (κ1) is 19.7. The summed E-state index contributed by atoms with van der Waals surface area (Å²) in [6.07, 6.45) is -0.661. The molecule has 0 bridgehead atoms. The Morgan fingerprint density at radius 2 is 1.69 bits per heavy atom. The van der Waals surface area contributed by atoms with Gasteiger partial charge in [-0.05, 0) is 41.1 Å². The van der Waals surface area contributed by atoms with E-state index in [2.05, 4.69) is 4.72 Å². The second kappa shape index (κ2) is 7.68. The minimum atomic E-state index is -3.86. The predicted molar refractivity (Wildman–Crippen MR) is 110 cm³/mol. The Morgan fingerprint density at radius 1 is 1.03 bits per heavy atom. The molecule has 150 valence electrons. The van der Waals surface area contributed by atoms with Crippen LogP contribution in [0.25, 0.3) is 10.1 Å². The molecule has 3 aromatic rings. The second-order valence-electron chi connectivity index (χ2n) is 6.67. The summed E-state index contributed by atoms with van der Waals surface area (Å²) in [5.41, 5.74) is 1.02. The molecule has 0 aliphatic carbocycles. The number of carbonyl (C=O) groups is 2. The minimum Gasteiger partial charge on any atom is -0.387 e. The zero-order chi connectivity index (χ0) is 20.6. The molecular weight excluding hydrogens is 412 g/mol. The van der Waals surface area contributed by atoms with Crippen molar-refractivity contribution in [1.82, 2.24) is 4.72 Å². The van der Waals surface area contributed by atoms with E-state index >= 15 is 0 Å². The van der Waals surface area contributed by atoms with Crippen molar-refractivity contribution in [2.45, 2.75) is 23.8 Å². The number of anilines is 1. The second-order valence-corrected chi connectivity index (χ2v) is 9.35. The third-order valence-electron chi connectivity index (χ3n) is 4.79. The van der Waals surface area contributed by atoms with Gasteiger partial charge >= 0.3 is 0 Å². The van der Waals surface area contributed by atoms with Crippen LogP contribution in [0.4, 0.5) is 5.69 Å². The van der Waals surface area contributed by atoms with Gasteiger partial charge in [0.15, 0.2) is 0 Å². The number of carbonyl (C=O) groups excluding carboxylic acids is 2. The molecule has 0 spiro atoms. The van der Waals surface area contributed by atoms with Gasteiger partial charge in [0.05, 0.1) is 16.7 Å². The molecule has 2 heterocycles. The zero-order valence-electron chi connectivity index (χ0n) is 15.2. The Balaban J connectivity index is 1.47. The predicted octanol–water partition coefficient (Wildman–Crippen LogP) is 2.57. The average Bonchev–Trinajstić information content (AvgIpc) is 3.29. The van der Waals surface area contributed by atoms with Gasteiger partial charge in [-0.1, -0.05) is 18.2 Å². The maximum atomic E-state index is 12.6. The van der Waals surface area contributed by atoms with Crippen LogP contribution in [0, 0.1) is 0 Å². The Labute approximate surface area is 171 Å². The van der Waals surface area contributed by atoms with Crippen molar-refractivity contribution in [2.75, 3.05) is 11.4 Å². The van der Waals surface area contributed by atoms with E-state index in [9.17, 15) is 23.1 Å². The summed E-state index contributed by atoms with van der Waals surface area (Å²) in [5, 5.41) is 13.2. The van der Waals surface area contributed by atoms with Crippen molar-refractivity contribution in [3.05, 3.63) is 59.5 Å². The van der Waals surface area contributed by atoms with Gasteiger partial charge in [0, 0.05) is 29.6 Å². The number of hydrogen-bond donors (Lipinski definition) is 2. The molecule has 29 heavy (non-hydrogen) atoms. The molecule has 2 aromatic carbocycles. The number of aliphatic hydroxyl groups is 1. The summed E-state index contributed by atoms with van der Waals surface area (Å²) in [6, 6.07) is 13.1. The van der Waals surface area contributed by atoms with E-state index in [1.165, 1.54) is 35.6 Å². The van der Waals surface area contributed by atoms with Crippen LogP contribution >= 0.6 is 11.3 Å². The lowest BCUT2D eigenvalue weighted by Gasteiger charge is -2.15. The van der Waals surface area contributed by atoms with Gasteiger partial charge in [-0.15, -0.1) is 11.3 Å². The van der Waals surface area contributed by atoms with Crippen LogP contribution in [0.2, 0.25) is 0 Å². The summed E-state index contributed by atoms with van der Waals surface area (Å²) in [7, 11) is -3.86. The number of benzene rings is 2. The first-order chi connectivity index (χ1) is 13.9. The SMILES string of the molecule is O=C1CCC(=O)N1c1ccc(S(=O)(=O)NC[C@@H](O)c2csc3ccccc23)cc1. The standard InChI is InChI=1S/C20H18N2O5S2/c23-17(16-12-28-18-4-2-1-3-15(16)18)11-21-29(26,27)14-7-5-13(6-8-14)22-19(24)9-10-20(22)25/h1-8,12,17,21,23H,9-11H2/t17-/m1/s1. The maximum absolute atomic E-state index is 12.6. The first-order valence-corrected chi connectivity index (χ1v) is 11.3. The quantitative estimate of drug-likeness (QED) is 0.585. The molecule has 1 fully saturated rings. The van der Waals surface area contributed by atoms with Gasteiger partial charge < -0.3 is 5.11 Å². The minimum absolute atomic E-state index is 0.0114. The van der Waals surface area contributed by atoms with E-state index in [1.54, 1.807) is 0 Å². The van der Waals surface area contributed by atoms with Gasteiger partial charge in [-0.3, -0.25) is 14.5 Å². The highest BCUT2D eigenvalue weighted by Gasteiger charge is 2.30. The molecule has 9 heteroatoms. The van der Waals surface area contributed by atoms with Crippen LogP contribution in [-0.4, -0.2) is 31.9 Å². The molecule has 0 radical (unpaired) electrons. The summed E-state index contributed by atoms with van der Waals surface area (Å²) in [4.78, 5) is 24.6. The molecule has 1 atom stereocenters. The van der Waals surface area contributed by atoms with Gasteiger partial charge in [0.1, 0.15) is 0 Å². The van der Waals surface area contributed by atoms with E-state index in [0.717, 1.165) is 15.0 Å². The molecule has 2 N–H and O–H groups in total. The number of amides is 2. The van der Waals surface area contributed by atoms with Gasteiger partial charge in [-0.2, -0.15) is 0 Å². The van der Waals surface area contributed by atoms with Crippen LogP contribution < -0.4 is 9.62 Å². The van der Waals surface area contributed by atoms with E-state index < -0.39 is 16.1 Å². The lowest BCUT2D eigenvalue weighted by Crippen LogP contribution is -2.29. The third kappa shape index (κ3) is 3.82. The third-order valence-corrected chi connectivity index (χ3v) is 7.21. The van der Waals surface area contributed by atoms with Crippen molar-refractivity contribution >= 4 is 48.9 Å². The van der Waals surface area contributed by atoms with Crippen molar-refractivity contribution in [1.29, 1.82) is 0 Å². The maximum Gasteiger partial charge on any atom is 0.240 e. The van der Waals surface area contributed by atoms with Crippen LogP contribution in [0.5, 0.6) is 0 Å². The van der Waals surface area contributed by atoms with Crippen molar-refractivity contribution in [3.8, 4) is 0 Å². The van der Waals surface area contributed by atoms with E-state index in [1.807, 2.05) is 29.6 Å². The monoisotopic (exact) mass is 430 g/mol. The summed E-state index contributed by atoms with van der Waals surface area (Å²) in [6.45, 7) is -0.173. The number of thiophene rings is 1.